The van der Waals surface area contributed by atoms with Gasteiger partial charge in [-0.2, -0.15) is 0 Å². The maximum absolute atomic E-state index is 13.6. The highest BCUT2D eigenvalue weighted by Gasteiger charge is 2.20. The molecule has 3 N–H and O–H groups in total. The van der Waals surface area contributed by atoms with Gasteiger partial charge in [0.05, 0.1) is 17.8 Å². The van der Waals surface area contributed by atoms with Crippen molar-refractivity contribution >= 4 is 17.5 Å². The normalized spacial score (nSPS) is 10.6. The van der Waals surface area contributed by atoms with Gasteiger partial charge in [0.2, 0.25) is 5.91 Å². The van der Waals surface area contributed by atoms with Gasteiger partial charge in [-0.05, 0) is 12.0 Å². The Morgan fingerprint density at radius 2 is 1.90 bits per heavy atom. The van der Waals surface area contributed by atoms with Crippen LogP contribution in [0.4, 0.5) is 14.5 Å². The average Bonchev–Trinajstić information content (AvgIpc) is 2.39. The van der Waals surface area contributed by atoms with Crippen molar-refractivity contribution in [3.8, 4) is 0 Å². The number of nitrogen functional groups attached to an aromatic ring is 1. The van der Waals surface area contributed by atoms with E-state index in [0.29, 0.717) is 12.6 Å². The van der Waals surface area contributed by atoms with Gasteiger partial charge >= 0.3 is 0 Å². The van der Waals surface area contributed by atoms with Crippen LogP contribution in [0.15, 0.2) is 12.1 Å². The third-order valence-corrected chi connectivity index (χ3v) is 2.75. The lowest BCUT2D eigenvalue weighted by Crippen LogP contribution is -2.39. The molecule has 0 radical (unpaired) electrons. The van der Waals surface area contributed by atoms with E-state index in [4.69, 9.17) is 5.73 Å². The highest BCUT2D eigenvalue weighted by Crippen LogP contribution is 2.17. The predicted molar refractivity (Wildman–Crippen MR) is 75.6 cm³/mol. The molecule has 0 atom stereocenters. The summed E-state index contributed by atoms with van der Waals surface area (Å²) in [4.78, 5) is 24.7. The number of nitrogens with one attached hydrogen (secondary N) is 1. The number of rotatable bonds is 5. The second-order valence-electron chi connectivity index (χ2n) is 5.21. The molecule has 0 aliphatic heterocycles. The maximum atomic E-state index is 13.6. The lowest BCUT2D eigenvalue weighted by molar-refractivity contribution is -0.121. The molecule has 7 heteroatoms. The molecule has 0 heterocycles. The minimum absolute atomic E-state index is 0.220. The van der Waals surface area contributed by atoms with E-state index in [0.717, 1.165) is 11.0 Å². The van der Waals surface area contributed by atoms with Crippen LogP contribution in [0, 0.1) is 17.6 Å². The Labute approximate surface area is 122 Å². The van der Waals surface area contributed by atoms with Gasteiger partial charge in [0, 0.05) is 19.7 Å². The van der Waals surface area contributed by atoms with Gasteiger partial charge < -0.3 is 16.0 Å². The molecular formula is C14H19F2N3O2. The first-order valence-electron chi connectivity index (χ1n) is 6.49. The van der Waals surface area contributed by atoms with E-state index >= 15 is 0 Å². The SMILES string of the molecule is CC(C)CNC(=O)CN(C)C(=O)c1cc(N)c(F)cc1F. The van der Waals surface area contributed by atoms with E-state index in [1.807, 2.05) is 13.8 Å². The van der Waals surface area contributed by atoms with E-state index in [-0.39, 0.29) is 29.6 Å². The Morgan fingerprint density at radius 3 is 2.48 bits per heavy atom. The summed E-state index contributed by atoms with van der Waals surface area (Å²) in [6, 6.07) is 1.48. The van der Waals surface area contributed by atoms with Gasteiger partial charge in [-0.1, -0.05) is 13.8 Å². The largest absolute Gasteiger partial charge is 0.396 e. The molecule has 116 valence electrons. The summed E-state index contributed by atoms with van der Waals surface area (Å²) in [5.74, 6) is -2.75. The molecule has 0 unspecified atom stereocenters. The first-order valence-corrected chi connectivity index (χ1v) is 6.49. The number of halogens is 2. The van der Waals surface area contributed by atoms with Gasteiger partial charge in [0.1, 0.15) is 11.6 Å². The molecular weight excluding hydrogens is 280 g/mol. The Balaban J connectivity index is 2.75. The van der Waals surface area contributed by atoms with E-state index in [1.165, 1.54) is 7.05 Å². The molecule has 0 aromatic heterocycles. The molecule has 0 aliphatic carbocycles. The van der Waals surface area contributed by atoms with Crippen molar-refractivity contribution < 1.29 is 18.4 Å². The van der Waals surface area contributed by atoms with E-state index in [1.54, 1.807) is 0 Å². The number of benzene rings is 1. The van der Waals surface area contributed by atoms with Gasteiger partial charge in [0.15, 0.2) is 0 Å². The number of likely N-dealkylation sites (N-methyl/N-ethyl adjacent to an activating group) is 1. The van der Waals surface area contributed by atoms with Crippen LogP contribution in [0.2, 0.25) is 0 Å². The molecule has 5 nitrogen and oxygen atoms in total. The number of nitrogens with two attached hydrogens (primary N) is 1. The van der Waals surface area contributed by atoms with Crippen molar-refractivity contribution in [2.75, 3.05) is 25.9 Å². The van der Waals surface area contributed by atoms with E-state index in [2.05, 4.69) is 5.32 Å². The summed E-state index contributed by atoms with van der Waals surface area (Å²) in [5, 5.41) is 2.64. The predicted octanol–water partition coefficient (Wildman–Crippen LogP) is 1.39. The number of carbonyl (C=O) groups excluding carboxylic acids is 2. The van der Waals surface area contributed by atoms with Crippen molar-refractivity contribution in [2.45, 2.75) is 13.8 Å². The molecule has 0 bridgehead atoms. The maximum Gasteiger partial charge on any atom is 0.257 e. The Bertz CT molecular complexity index is 547. The summed E-state index contributed by atoms with van der Waals surface area (Å²) in [6.45, 7) is 4.14. The number of hydrogen-bond acceptors (Lipinski definition) is 3. The third kappa shape index (κ3) is 4.70. The average molecular weight is 299 g/mol. The summed E-state index contributed by atoms with van der Waals surface area (Å²) in [5.41, 5.74) is 4.63. The van der Waals surface area contributed by atoms with Crippen LogP contribution in [-0.4, -0.2) is 36.9 Å². The highest BCUT2D eigenvalue weighted by atomic mass is 19.1. The molecule has 2 amide bonds. The molecule has 21 heavy (non-hydrogen) atoms. The van der Waals surface area contributed by atoms with Crippen LogP contribution in [0.3, 0.4) is 0 Å². The van der Waals surface area contributed by atoms with Crippen LogP contribution in [0.25, 0.3) is 0 Å². The monoisotopic (exact) mass is 299 g/mol. The van der Waals surface area contributed by atoms with Crippen LogP contribution in [0.1, 0.15) is 24.2 Å². The van der Waals surface area contributed by atoms with Crippen molar-refractivity contribution in [2.24, 2.45) is 5.92 Å². The van der Waals surface area contributed by atoms with Gasteiger partial charge in [-0.3, -0.25) is 9.59 Å². The number of carbonyl (C=O) groups is 2. The molecule has 1 aromatic carbocycles. The molecule has 0 fully saturated rings. The van der Waals surface area contributed by atoms with Gasteiger partial charge in [-0.15, -0.1) is 0 Å². The Morgan fingerprint density at radius 1 is 1.29 bits per heavy atom. The molecule has 1 rings (SSSR count). The lowest BCUT2D eigenvalue weighted by Gasteiger charge is -2.18. The zero-order valence-corrected chi connectivity index (χ0v) is 12.2. The van der Waals surface area contributed by atoms with Crippen molar-refractivity contribution in [3.05, 3.63) is 29.3 Å². The lowest BCUT2D eigenvalue weighted by atomic mass is 10.1. The molecule has 0 spiro atoms. The summed E-state index contributed by atoms with van der Waals surface area (Å²) >= 11 is 0. The topological polar surface area (TPSA) is 75.4 Å². The van der Waals surface area contributed by atoms with Crippen molar-refractivity contribution in [1.82, 2.24) is 10.2 Å². The number of nitrogens with zero attached hydrogens (tertiary/aromatic N) is 1. The number of amides is 2. The molecule has 0 saturated carbocycles. The zero-order valence-electron chi connectivity index (χ0n) is 12.2. The van der Waals surface area contributed by atoms with Gasteiger partial charge in [0.25, 0.3) is 5.91 Å². The van der Waals surface area contributed by atoms with Gasteiger partial charge in [-0.25, -0.2) is 8.78 Å². The van der Waals surface area contributed by atoms with E-state index in [9.17, 15) is 18.4 Å². The Hall–Kier alpha value is -2.18. The van der Waals surface area contributed by atoms with Crippen molar-refractivity contribution in [1.29, 1.82) is 0 Å². The van der Waals surface area contributed by atoms with Crippen LogP contribution in [0.5, 0.6) is 0 Å². The number of hydrogen-bond donors (Lipinski definition) is 2. The first-order chi connectivity index (χ1) is 9.72. The fraction of sp³-hybridized carbons (Fsp3) is 0.429. The quantitative estimate of drug-likeness (QED) is 0.807. The summed E-state index contributed by atoms with van der Waals surface area (Å²) in [6.07, 6.45) is 0. The van der Waals surface area contributed by atoms with Crippen LogP contribution in [-0.2, 0) is 4.79 Å². The molecule has 0 saturated heterocycles. The van der Waals surface area contributed by atoms with Crippen LogP contribution >= 0.6 is 0 Å². The second-order valence-corrected chi connectivity index (χ2v) is 5.21. The highest BCUT2D eigenvalue weighted by molar-refractivity contribution is 5.97. The first kappa shape index (κ1) is 16.9. The molecule has 1 aromatic rings. The second kappa shape index (κ2) is 7.01. The van der Waals surface area contributed by atoms with Crippen LogP contribution < -0.4 is 11.1 Å². The summed E-state index contributed by atoms with van der Waals surface area (Å²) in [7, 11) is 1.36. The fourth-order valence-electron chi connectivity index (χ4n) is 1.60. The zero-order chi connectivity index (χ0) is 16.2. The minimum Gasteiger partial charge on any atom is -0.396 e. The van der Waals surface area contributed by atoms with Crippen molar-refractivity contribution in [3.63, 3.8) is 0 Å². The molecule has 0 aliphatic rings. The smallest absolute Gasteiger partial charge is 0.257 e. The summed E-state index contributed by atoms with van der Waals surface area (Å²) < 4.78 is 26.6. The standard InChI is InChI=1S/C14H19F2N3O2/c1-8(2)6-18-13(20)7-19(3)14(21)9-4-12(17)11(16)5-10(9)15/h4-5,8H,6-7,17H2,1-3H3,(H,18,20). The number of anilines is 1. The minimum atomic E-state index is -1.01. The fourth-order valence-corrected chi connectivity index (χ4v) is 1.60. The Kier molecular flexibility index (Phi) is 5.63. The van der Waals surface area contributed by atoms with E-state index < -0.39 is 17.5 Å². The third-order valence-electron chi connectivity index (χ3n) is 2.75.